The van der Waals surface area contributed by atoms with Crippen LogP contribution >= 0.6 is 0 Å². The lowest BCUT2D eigenvalue weighted by atomic mass is 9.92. The minimum atomic E-state index is -3.68. The van der Waals surface area contributed by atoms with Gasteiger partial charge in [-0.3, -0.25) is 4.79 Å². The SMILES string of the molecule is CNS(=O)(=O)c1cc(C(=O)N2CC[C@@H]3CNC[C@@H]3CC2)c(C)o1. The van der Waals surface area contributed by atoms with E-state index in [1.807, 2.05) is 4.90 Å². The monoisotopic (exact) mass is 341 g/mol. The van der Waals surface area contributed by atoms with Crippen molar-refractivity contribution in [2.75, 3.05) is 33.2 Å². The molecule has 2 aliphatic heterocycles. The number of amides is 1. The molecule has 3 rings (SSSR count). The molecule has 23 heavy (non-hydrogen) atoms. The Hall–Kier alpha value is -1.38. The number of fused-ring (bicyclic) bond motifs is 1. The molecule has 3 heterocycles. The summed E-state index contributed by atoms with van der Waals surface area (Å²) in [5.74, 6) is 1.48. The minimum absolute atomic E-state index is 0.142. The molecule has 1 aromatic rings. The van der Waals surface area contributed by atoms with E-state index in [4.69, 9.17) is 4.42 Å². The number of likely N-dealkylation sites (tertiary alicyclic amines) is 1. The lowest BCUT2D eigenvalue weighted by Crippen LogP contribution is -2.32. The van der Waals surface area contributed by atoms with Gasteiger partial charge in [0.05, 0.1) is 5.56 Å². The van der Waals surface area contributed by atoms with Crippen molar-refractivity contribution >= 4 is 15.9 Å². The Morgan fingerprint density at radius 2 is 1.91 bits per heavy atom. The topological polar surface area (TPSA) is 91.7 Å². The number of carbonyl (C=O) groups excluding carboxylic acids is 1. The second-order valence-electron chi connectivity index (χ2n) is 6.29. The molecule has 1 aromatic heterocycles. The fraction of sp³-hybridized carbons (Fsp3) is 0.667. The van der Waals surface area contributed by atoms with Gasteiger partial charge in [-0.2, -0.15) is 0 Å². The highest BCUT2D eigenvalue weighted by atomic mass is 32.2. The number of furan rings is 1. The van der Waals surface area contributed by atoms with E-state index < -0.39 is 10.0 Å². The van der Waals surface area contributed by atoms with Crippen LogP contribution in [0.5, 0.6) is 0 Å². The zero-order valence-corrected chi connectivity index (χ0v) is 14.3. The summed E-state index contributed by atoms with van der Waals surface area (Å²) in [7, 11) is -2.36. The predicted molar refractivity (Wildman–Crippen MR) is 84.7 cm³/mol. The van der Waals surface area contributed by atoms with E-state index in [2.05, 4.69) is 10.0 Å². The molecular weight excluding hydrogens is 318 g/mol. The highest BCUT2D eigenvalue weighted by Gasteiger charge is 2.33. The zero-order valence-electron chi connectivity index (χ0n) is 13.5. The van der Waals surface area contributed by atoms with Gasteiger partial charge in [-0.05, 0) is 51.7 Å². The molecule has 2 saturated heterocycles. The second-order valence-corrected chi connectivity index (χ2v) is 8.11. The third-order valence-corrected chi connectivity index (χ3v) is 6.23. The molecule has 0 unspecified atom stereocenters. The summed E-state index contributed by atoms with van der Waals surface area (Å²) in [6.07, 6.45) is 1.98. The van der Waals surface area contributed by atoms with Crippen LogP contribution in [-0.2, 0) is 10.0 Å². The van der Waals surface area contributed by atoms with Crippen LogP contribution in [0.2, 0.25) is 0 Å². The van der Waals surface area contributed by atoms with Gasteiger partial charge >= 0.3 is 0 Å². The fourth-order valence-corrected chi connectivity index (χ4v) is 4.20. The fourth-order valence-electron chi connectivity index (χ4n) is 3.49. The molecule has 1 amide bonds. The zero-order chi connectivity index (χ0) is 16.6. The van der Waals surface area contributed by atoms with Crippen LogP contribution < -0.4 is 10.0 Å². The van der Waals surface area contributed by atoms with Crippen LogP contribution in [0.15, 0.2) is 15.6 Å². The molecule has 0 aliphatic carbocycles. The van der Waals surface area contributed by atoms with Gasteiger partial charge in [0.25, 0.3) is 15.9 Å². The van der Waals surface area contributed by atoms with Crippen molar-refractivity contribution < 1.29 is 17.6 Å². The molecule has 0 spiro atoms. The highest BCUT2D eigenvalue weighted by molar-refractivity contribution is 7.89. The third-order valence-electron chi connectivity index (χ3n) is 4.97. The summed E-state index contributed by atoms with van der Waals surface area (Å²) in [6, 6.07) is 1.33. The summed E-state index contributed by atoms with van der Waals surface area (Å²) in [5, 5.41) is 3.20. The van der Waals surface area contributed by atoms with E-state index in [9.17, 15) is 13.2 Å². The Kier molecular flexibility index (Phi) is 4.48. The van der Waals surface area contributed by atoms with Crippen LogP contribution in [0.4, 0.5) is 0 Å². The number of nitrogens with one attached hydrogen (secondary N) is 2. The summed E-state index contributed by atoms with van der Waals surface area (Å²) >= 11 is 0. The third kappa shape index (κ3) is 3.15. The van der Waals surface area contributed by atoms with Gasteiger partial charge in [-0.25, -0.2) is 13.1 Å². The van der Waals surface area contributed by atoms with E-state index in [-0.39, 0.29) is 11.0 Å². The van der Waals surface area contributed by atoms with Gasteiger partial charge in [0, 0.05) is 19.2 Å². The van der Waals surface area contributed by atoms with Gasteiger partial charge in [0.15, 0.2) is 0 Å². The predicted octanol–water partition coefficient (Wildman–Crippen LogP) is 0.568. The van der Waals surface area contributed by atoms with Crippen LogP contribution in [0.3, 0.4) is 0 Å². The lowest BCUT2D eigenvalue weighted by molar-refractivity contribution is 0.0756. The Bertz CT molecular complexity index is 684. The van der Waals surface area contributed by atoms with Gasteiger partial charge < -0.3 is 14.6 Å². The smallest absolute Gasteiger partial charge is 0.273 e. The minimum Gasteiger partial charge on any atom is -0.448 e. The van der Waals surface area contributed by atoms with E-state index in [0.29, 0.717) is 36.2 Å². The Morgan fingerprint density at radius 1 is 1.30 bits per heavy atom. The molecule has 2 fully saturated rings. The van der Waals surface area contributed by atoms with Gasteiger partial charge in [-0.15, -0.1) is 0 Å². The van der Waals surface area contributed by atoms with E-state index in [0.717, 1.165) is 25.9 Å². The van der Waals surface area contributed by atoms with Crippen molar-refractivity contribution in [3.63, 3.8) is 0 Å². The van der Waals surface area contributed by atoms with Crippen molar-refractivity contribution in [1.82, 2.24) is 14.9 Å². The second kappa shape index (κ2) is 6.26. The van der Waals surface area contributed by atoms with Crippen LogP contribution in [-0.4, -0.2) is 52.5 Å². The molecule has 0 aromatic carbocycles. The van der Waals surface area contributed by atoms with E-state index >= 15 is 0 Å². The maximum atomic E-state index is 12.8. The molecular formula is C15H23N3O4S. The normalized spacial score (nSPS) is 25.2. The number of sulfonamides is 1. The maximum absolute atomic E-state index is 12.8. The number of nitrogens with zero attached hydrogens (tertiary/aromatic N) is 1. The highest BCUT2D eigenvalue weighted by Crippen LogP contribution is 2.28. The average molecular weight is 341 g/mol. The molecule has 8 heteroatoms. The largest absolute Gasteiger partial charge is 0.448 e. The number of carbonyl (C=O) groups is 1. The molecule has 0 saturated carbocycles. The van der Waals surface area contributed by atoms with Crippen molar-refractivity contribution in [2.45, 2.75) is 24.9 Å². The molecule has 7 nitrogen and oxygen atoms in total. The van der Waals surface area contributed by atoms with Gasteiger partial charge in [0.1, 0.15) is 5.76 Å². The molecule has 2 N–H and O–H groups in total. The summed E-state index contributed by atoms with van der Waals surface area (Å²) in [6.45, 7) is 5.10. The van der Waals surface area contributed by atoms with Gasteiger partial charge in [-0.1, -0.05) is 0 Å². The first-order chi connectivity index (χ1) is 10.9. The van der Waals surface area contributed by atoms with E-state index in [1.54, 1.807) is 6.92 Å². The maximum Gasteiger partial charge on any atom is 0.273 e. The molecule has 128 valence electrons. The van der Waals surface area contributed by atoms with Crippen LogP contribution in [0.1, 0.15) is 29.0 Å². The summed E-state index contributed by atoms with van der Waals surface area (Å²) < 4.78 is 31.1. The molecule has 0 radical (unpaired) electrons. The first-order valence-corrected chi connectivity index (χ1v) is 9.44. The molecule has 2 atom stereocenters. The molecule has 0 bridgehead atoms. The first kappa shape index (κ1) is 16.5. The number of aryl methyl sites for hydroxylation is 1. The Balaban J connectivity index is 1.78. The van der Waals surface area contributed by atoms with Crippen LogP contribution in [0, 0.1) is 18.8 Å². The Morgan fingerprint density at radius 3 is 2.48 bits per heavy atom. The van der Waals surface area contributed by atoms with Crippen molar-refractivity contribution in [2.24, 2.45) is 11.8 Å². The molecule has 2 aliphatic rings. The first-order valence-electron chi connectivity index (χ1n) is 7.96. The van der Waals surface area contributed by atoms with Gasteiger partial charge in [0.2, 0.25) is 5.09 Å². The number of hydrogen-bond acceptors (Lipinski definition) is 5. The van der Waals surface area contributed by atoms with Crippen molar-refractivity contribution in [3.8, 4) is 0 Å². The average Bonchev–Trinajstić information content (AvgIpc) is 3.09. The summed E-state index contributed by atoms with van der Waals surface area (Å²) in [4.78, 5) is 14.6. The van der Waals surface area contributed by atoms with Crippen molar-refractivity contribution in [1.29, 1.82) is 0 Å². The Labute approximate surface area is 136 Å². The van der Waals surface area contributed by atoms with Crippen LogP contribution in [0.25, 0.3) is 0 Å². The number of rotatable bonds is 3. The van der Waals surface area contributed by atoms with Crippen molar-refractivity contribution in [3.05, 3.63) is 17.4 Å². The quantitative estimate of drug-likeness (QED) is 0.838. The van der Waals surface area contributed by atoms with E-state index in [1.165, 1.54) is 13.1 Å². The standard InChI is InChI=1S/C15H23N3O4S/c1-10-13(7-14(22-10)23(20,21)16-2)15(19)18-5-3-11-8-17-9-12(11)4-6-18/h7,11-12,16-17H,3-6,8-9H2,1-2H3/t11-,12+. The number of hydrogen-bond donors (Lipinski definition) is 2. The lowest BCUT2D eigenvalue weighted by Gasteiger charge is -2.20. The summed E-state index contributed by atoms with van der Waals surface area (Å²) in [5.41, 5.74) is 0.337.